The highest BCUT2D eigenvalue weighted by Crippen LogP contribution is 2.30. The van der Waals surface area contributed by atoms with Crippen LogP contribution in [0, 0.1) is 0 Å². The quantitative estimate of drug-likeness (QED) is 0.751. The Labute approximate surface area is 124 Å². The molecule has 1 aromatic carbocycles. The van der Waals surface area contributed by atoms with Crippen molar-refractivity contribution >= 4 is 5.97 Å². The molecule has 5 heteroatoms. The largest absolute Gasteiger partial charge is 0.504 e. The first kappa shape index (κ1) is 15.6. The maximum absolute atomic E-state index is 11.6. The summed E-state index contributed by atoms with van der Waals surface area (Å²) in [5, 5.41) is 22.4. The van der Waals surface area contributed by atoms with E-state index in [1.807, 2.05) is 6.92 Å². The number of ether oxygens (including phenoxy) is 1. The molecule has 1 atom stereocenters. The van der Waals surface area contributed by atoms with Gasteiger partial charge >= 0.3 is 5.97 Å². The van der Waals surface area contributed by atoms with E-state index in [4.69, 9.17) is 4.74 Å². The van der Waals surface area contributed by atoms with Crippen LogP contribution in [0.4, 0.5) is 0 Å². The summed E-state index contributed by atoms with van der Waals surface area (Å²) in [6.45, 7) is 2.24. The monoisotopic (exact) mass is 293 g/mol. The molecule has 0 heterocycles. The molecule has 2 rings (SSSR count). The topological polar surface area (TPSA) is 78.8 Å². The number of nitrogens with one attached hydrogen (secondary N) is 1. The number of carboxylic acid groups (broad SMARTS) is 1. The fraction of sp³-hybridized carbons (Fsp3) is 0.562. The normalized spacial score (nSPS) is 17.4. The van der Waals surface area contributed by atoms with Gasteiger partial charge in [-0.05, 0) is 37.5 Å². The molecule has 0 bridgehead atoms. The Morgan fingerprint density at radius 2 is 2.10 bits per heavy atom. The first-order chi connectivity index (χ1) is 10.1. The van der Waals surface area contributed by atoms with Crippen LogP contribution in [0.15, 0.2) is 18.2 Å². The molecule has 1 fully saturated rings. The van der Waals surface area contributed by atoms with Crippen molar-refractivity contribution in [2.75, 3.05) is 6.61 Å². The lowest BCUT2D eigenvalue weighted by atomic mass is 9.94. The lowest BCUT2D eigenvalue weighted by Gasteiger charge is -2.27. The van der Waals surface area contributed by atoms with Crippen LogP contribution in [-0.4, -0.2) is 28.8 Å². The van der Waals surface area contributed by atoms with Crippen molar-refractivity contribution in [2.45, 2.75) is 51.1 Å². The maximum atomic E-state index is 11.6. The van der Waals surface area contributed by atoms with Gasteiger partial charge in [-0.3, -0.25) is 10.1 Å². The standard InChI is InChI=1S/C16H23NO4/c1-2-21-14-10-11(8-9-13(14)18)15(16(19)20)17-12-6-4-3-5-7-12/h8-10,12,15,17-18H,2-7H2,1H3,(H,19,20). The van der Waals surface area contributed by atoms with Crippen molar-refractivity contribution < 1.29 is 19.7 Å². The smallest absolute Gasteiger partial charge is 0.325 e. The van der Waals surface area contributed by atoms with E-state index in [9.17, 15) is 15.0 Å². The summed E-state index contributed by atoms with van der Waals surface area (Å²) in [6.07, 6.45) is 5.54. The number of phenolic OH excluding ortho intramolecular Hbond substituents is 1. The minimum absolute atomic E-state index is 0.0300. The van der Waals surface area contributed by atoms with Gasteiger partial charge in [-0.1, -0.05) is 25.3 Å². The van der Waals surface area contributed by atoms with Gasteiger partial charge < -0.3 is 14.9 Å². The van der Waals surface area contributed by atoms with E-state index in [1.165, 1.54) is 12.5 Å². The van der Waals surface area contributed by atoms with Crippen molar-refractivity contribution in [1.82, 2.24) is 5.32 Å². The van der Waals surface area contributed by atoms with Gasteiger partial charge in [0, 0.05) is 6.04 Å². The number of aliphatic carboxylic acids is 1. The second-order valence-corrected chi connectivity index (χ2v) is 5.43. The molecule has 0 radical (unpaired) electrons. The fourth-order valence-electron chi connectivity index (χ4n) is 2.80. The molecule has 1 aliphatic carbocycles. The number of rotatable bonds is 6. The minimum Gasteiger partial charge on any atom is -0.504 e. The van der Waals surface area contributed by atoms with E-state index < -0.39 is 12.0 Å². The summed E-state index contributed by atoms with van der Waals surface area (Å²) in [7, 11) is 0. The number of phenols is 1. The van der Waals surface area contributed by atoms with Gasteiger partial charge in [-0.25, -0.2) is 0 Å². The molecule has 0 aliphatic heterocycles. The molecular formula is C16H23NO4. The fourth-order valence-corrected chi connectivity index (χ4v) is 2.80. The summed E-state index contributed by atoms with van der Waals surface area (Å²) in [5.41, 5.74) is 0.606. The SMILES string of the molecule is CCOc1cc(C(NC2CCCCC2)C(=O)O)ccc1O. The van der Waals surface area contributed by atoms with Gasteiger partial charge in [0.2, 0.25) is 0 Å². The first-order valence-electron chi connectivity index (χ1n) is 7.56. The second kappa shape index (κ2) is 7.31. The van der Waals surface area contributed by atoms with Crippen LogP contribution in [0.25, 0.3) is 0 Å². The van der Waals surface area contributed by atoms with Crippen LogP contribution in [0.5, 0.6) is 11.5 Å². The van der Waals surface area contributed by atoms with Crippen LogP contribution < -0.4 is 10.1 Å². The molecule has 1 aliphatic rings. The van der Waals surface area contributed by atoms with Crippen LogP contribution in [0.1, 0.15) is 50.6 Å². The number of hydrogen-bond acceptors (Lipinski definition) is 4. The Kier molecular flexibility index (Phi) is 5.44. The minimum atomic E-state index is -0.909. The molecule has 0 spiro atoms. The number of carbonyl (C=O) groups is 1. The van der Waals surface area contributed by atoms with Gasteiger partial charge in [-0.2, -0.15) is 0 Å². The zero-order chi connectivity index (χ0) is 15.2. The lowest BCUT2D eigenvalue weighted by molar-refractivity contribution is -0.140. The van der Waals surface area contributed by atoms with Crippen LogP contribution in [-0.2, 0) is 4.79 Å². The summed E-state index contributed by atoms with van der Waals surface area (Å²) in [4.78, 5) is 11.6. The van der Waals surface area contributed by atoms with Gasteiger partial charge in [-0.15, -0.1) is 0 Å². The molecule has 0 aromatic heterocycles. The highest BCUT2D eigenvalue weighted by atomic mass is 16.5. The van der Waals surface area contributed by atoms with Gasteiger partial charge in [0.25, 0.3) is 0 Å². The Hall–Kier alpha value is -1.75. The molecule has 21 heavy (non-hydrogen) atoms. The van der Waals surface area contributed by atoms with Crippen LogP contribution in [0.3, 0.4) is 0 Å². The van der Waals surface area contributed by atoms with E-state index in [0.717, 1.165) is 25.7 Å². The number of benzene rings is 1. The van der Waals surface area contributed by atoms with Gasteiger partial charge in [0.05, 0.1) is 6.61 Å². The third-order valence-corrected chi connectivity index (χ3v) is 3.87. The molecule has 1 aromatic rings. The Bertz CT molecular complexity index is 483. The number of hydrogen-bond donors (Lipinski definition) is 3. The predicted octanol–water partition coefficient (Wildman–Crippen LogP) is 2.84. The third-order valence-electron chi connectivity index (χ3n) is 3.87. The van der Waals surface area contributed by atoms with Crippen molar-refractivity contribution in [1.29, 1.82) is 0 Å². The molecule has 0 saturated heterocycles. The lowest BCUT2D eigenvalue weighted by Crippen LogP contribution is -2.38. The Morgan fingerprint density at radius 3 is 2.71 bits per heavy atom. The van der Waals surface area contributed by atoms with Crippen LogP contribution in [0.2, 0.25) is 0 Å². The highest BCUT2D eigenvalue weighted by molar-refractivity contribution is 5.76. The second-order valence-electron chi connectivity index (χ2n) is 5.43. The Balaban J connectivity index is 2.17. The maximum Gasteiger partial charge on any atom is 0.325 e. The van der Waals surface area contributed by atoms with E-state index in [1.54, 1.807) is 12.1 Å². The summed E-state index contributed by atoms with van der Waals surface area (Å²) >= 11 is 0. The summed E-state index contributed by atoms with van der Waals surface area (Å²) < 4.78 is 5.33. The molecule has 5 nitrogen and oxygen atoms in total. The van der Waals surface area contributed by atoms with E-state index >= 15 is 0 Å². The highest BCUT2D eigenvalue weighted by Gasteiger charge is 2.25. The number of carboxylic acids is 1. The van der Waals surface area contributed by atoms with Gasteiger partial charge in [0.15, 0.2) is 11.5 Å². The van der Waals surface area contributed by atoms with Crippen molar-refractivity contribution in [3.05, 3.63) is 23.8 Å². The van der Waals surface area contributed by atoms with Crippen molar-refractivity contribution in [2.24, 2.45) is 0 Å². The van der Waals surface area contributed by atoms with E-state index in [-0.39, 0.29) is 11.8 Å². The molecule has 0 amide bonds. The zero-order valence-electron chi connectivity index (χ0n) is 12.3. The van der Waals surface area contributed by atoms with Crippen LogP contribution >= 0.6 is 0 Å². The average molecular weight is 293 g/mol. The molecule has 1 saturated carbocycles. The van der Waals surface area contributed by atoms with Crippen molar-refractivity contribution in [3.63, 3.8) is 0 Å². The van der Waals surface area contributed by atoms with E-state index in [0.29, 0.717) is 17.9 Å². The molecule has 1 unspecified atom stereocenters. The Morgan fingerprint density at radius 1 is 1.38 bits per heavy atom. The first-order valence-corrected chi connectivity index (χ1v) is 7.56. The third kappa shape index (κ3) is 4.11. The van der Waals surface area contributed by atoms with Crippen molar-refractivity contribution in [3.8, 4) is 11.5 Å². The molecule has 116 valence electrons. The molecular weight excluding hydrogens is 270 g/mol. The summed E-state index contributed by atoms with van der Waals surface area (Å²) in [5.74, 6) is -0.553. The average Bonchev–Trinajstić information content (AvgIpc) is 2.48. The van der Waals surface area contributed by atoms with E-state index in [2.05, 4.69) is 5.32 Å². The zero-order valence-corrected chi connectivity index (χ0v) is 12.3. The summed E-state index contributed by atoms with van der Waals surface area (Å²) in [6, 6.07) is 4.19. The molecule has 3 N–H and O–H groups in total. The number of aromatic hydroxyl groups is 1. The van der Waals surface area contributed by atoms with Gasteiger partial charge in [0.1, 0.15) is 6.04 Å². The predicted molar refractivity (Wildman–Crippen MR) is 79.7 cm³/mol.